The Morgan fingerprint density at radius 3 is 2.59 bits per heavy atom. The minimum Gasteiger partial charge on any atom is -0.399 e. The Morgan fingerprint density at radius 1 is 1.24 bits per heavy atom. The minimum atomic E-state index is 0.150. The molecule has 1 aliphatic carbocycles. The van der Waals surface area contributed by atoms with E-state index in [-0.39, 0.29) is 6.10 Å². The zero-order chi connectivity index (χ0) is 12.3. The van der Waals surface area contributed by atoms with Crippen LogP contribution in [0.1, 0.15) is 51.2 Å². The number of anilines is 1. The lowest BCUT2D eigenvalue weighted by atomic mass is 9.89. The number of nitrogen functional groups attached to an aromatic ring is 1. The van der Waals surface area contributed by atoms with Gasteiger partial charge in [0.15, 0.2) is 0 Å². The lowest BCUT2D eigenvalue weighted by molar-refractivity contribution is -0.0283. The average molecular weight is 233 g/mol. The zero-order valence-corrected chi connectivity index (χ0v) is 10.9. The molecule has 1 unspecified atom stereocenters. The van der Waals surface area contributed by atoms with E-state index in [4.69, 9.17) is 10.5 Å². The third-order valence-electron chi connectivity index (χ3n) is 3.74. The number of nitrogens with two attached hydrogens (primary N) is 1. The first-order chi connectivity index (χ1) is 8.15. The summed E-state index contributed by atoms with van der Waals surface area (Å²) in [5.74, 6) is 0.873. The molecule has 17 heavy (non-hydrogen) atoms. The standard InChI is InChI=1S/C15H23NO/c1-11-6-8-15(9-7-11)17-12(2)13-4-3-5-14(16)10-13/h3-5,10-12,15H,6-9,16H2,1-2H3. The van der Waals surface area contributed by atoms with Gasteiger partial charge in [-0.2, -0.15) is 0 Å². The molecule has 1 saturated carbocycles. The van der Waals surface area contributed by atoms with E-state index in [1.807, 2.05) is 18.2 Å². The molecule has 0 aliphatic heterocycles. The van der Waals surface area contributed by atoms with Gasteiger partial charge in [0.25, 0.3) is 0 Å². The Balaban J connectivity index is 1.90. The maximum atomic E-state index is 6.13. The van der Waals surface area contributed by atoms with E-state index in [0.717, 1.165) is 11.6 Å². The molecule has 2 nitrogen and oxygen atoms in total. The monoisotopic (exact) mass is 233 g/mol. The second-order valence-corrected chi connectivity index (χ2v) is 5.33. The molecule has 0 amide bonds. The van der Waals surface area contributed by atoms with Crippen molar-refractivity contribution in [2.24, 2.45) is 5.92 Å². The molecule has 2 heteroatoms. The lowest BCUT2D eigenvalue weighted by Gasteiger charge is -2.29. The van der Waals surface area contributed by atoms with Crippen molar-refractivity contribution in [2.75, 3.05) is 5.73 Å². The molecule has 1 aromatic rings. The van der Waals surface area contributed by atoms with E-state index >= 15 is 0 Å². The zero-order valence-electron chi connectivity index (χ0n) is 10.9. The normalized spacial score (nSPS) is 26.7. The van der Waals surface area contributed by atoms with Gasteiger partial charge in [0.1, 0.15) is 0 Å². The third-order valence-corrected chi connectivity index (χ3v) is 3.74. The first-order valence-corrected chi connectivity index (χ1v) is 6.66. The quantitative estimate of drug-likeness (QED) is 0.803. The summed E-state index contributed by atoms with van der Waals surface area (Å²) in [5.41, 5.74) is 7.79. The molecule has 0 radical (unpaired) electrons. The van der Waals surface area contributed by atoms with Crippen LogP contribution >= 0.6 is 0 Å². The third kappa shape index (κ3) is 3.47. The molecule has 0 aromatic heterocycles. The molecule has 1 fully saturated rings. The van der Waals surface area contributed by atoms with E-state index in [1.54, 1.807) is 0 Å². The molecular formula is C15H23NO. The summed E-state index contributed by atoms with van der Waals surface area (Å²) in [6, 6.07) is 8.01. The van der Waals surface area contributed by atoms with E-state index in [9.17, 15) is 0 Å². The van der Waals surface area contributed by atoms with Crippen LogP contribution in [0.4, 0.5) is 5.69 Å². The molecule has 2 N–H and O–H groups in total. The van der Waals surface area contributed by atoms with Crippen molar-refractivity contribution < 1.29 is 4.74 Å². The minimum absolute atomic E-state index is 0.150. The van der Waals surface area contributed by atoms with Gasteiger partial charge >= 0.3 is 0 Å². The van der Waals surface area contributed by atoms with Crippen molar-refractivity contribution in [1.29, 1.82) is 0 Å². The highest BCUT2D eigenvalue weighted by Crippen LogP contribution is 2.29. The van der Waals surface area contributed by atoms with E-state index in [2.05, 4.69) is 19.9 Å². The summed E-state index contributed by atoms with van der Waals surface area (Å²) in [5, 5.41) is 0. The topological polar surface area (TPSA) is 35.2 Å². The van der Waals surface area contributed by atoms with Crippen molar-refractivity contribution in [3.63, 3.8) is 0 Å². The van der Waals surface area contributed by atoms with Gasteiger partial charge in [-0.1, -0.05) is 19.1 Å². The van der Waals surface area contributed by atoms with Gasteiger partial charge in [0, 0.05) is 5.69 Å². The van der Waals surface area contributed by atoms with Crippen LogP contribution in [0.5, 0.6) is 0 Å². The van der Waals surface area contributed by atoms with Crippen LogP contribution in [-0.2, 0) is 4.74 Å². The van der Waals surface area contributed by atoms with Crippen LogP contribution in [0.25, 0.3) is 0 Å². The first-order valence-electron chi connectivity index (χ1n) is 6.66. The predicted molar refractivity (Wildman–Crippen MR) is 71.8 cm³/mol. The van der Waals surface area contributed by atoms with E-state index < -0.39 is 0 Å². The summed E-state index contributed by atoms with van der Waals surface area (Å²) in [7, 11) is 0. The average Bonchev–Trinajstić information content (AvgIpc) is 2.32. The van der Waals surface area contributed by atoms with Gasteiger partial charge in [-0.25, -0.2) is 0 Å². The van der Waals surface area contributed by atoms with Crippen LogP contribution in [0, 0.1) is 5.92 Å². The molecule has 94 valence electrons. The molecule has 0 heterocycles. The van der Waals surface area contributed by atoms with E-state index in [1.165, 1.54) is 31.2 Å². The van der Waals surface area contributed by atoms with E-state index in [0.29, 0.717) is 6.10 Å². The fraction of sp³-hybridized carbons (Fsp3) is 0.600. The lowest BCUT2D eigenvalue weighted by Crippen LogP contribution is -2.21. The van der Waals surface area contributed by atoms with Gasteiger partial charge < -0.3 is 10.5 Å². The summed E-state index contributed by atoms with van der Waals surface area (Å²) in [6.45, 7) is 4.45. The molecule has 1 aromatic carbocycles. The summed E-state index contributed by atoms with van der Waals surface area (Å²) in [6.07, 6.45) is 5.59. The number of rotatable bonds is 3. The largest absolute Gasteiger partial charge is 0.399 e. The number of benzene rings is 1. The van der Waals surface area contributed by atoms with Gasteiger partial charge in [-0.15, -0.1) is 0 Å². The van der Waals surface area contributed by atoms with Crippen molar-refractivity contribution in [2.45, 2.75) is 51.7 Å². The summed E-state index contributed by atoms with van der Waals surface area (Å²) >= 11 is 0. The van der Waals surface area contributed by atoms with Crippen molar-refractivity contribution in [3.8, 4) is 0 Å². The fourth-order valence-electron chi connectivity index (χ4n) is 2.54. The first kappa shape index (κ1) is 12.4. The molecule has 1 aliphatic rings. The summed E-state index contributed by atoms with van der Waals surface area (Å²) < 4.78 is 6.13. The highest BCUT2D eigenvalue weighted by atomic mass is 16.5. The van der Waals surface area contributed by atoms with Crippen molar-refractivity contribution in [3.05, 3.63) is 29.8 Å². The summed E-state index contributed by atoms with van der Waals surface area (Å²) in [4.78, 5) is 0. The van der Waals surface area contributed by atoms with Crippen molar-refractivity contribution >= 4 is 5.69 Å². The van der Waals surface area contributed by atoms with Crippen molar-refractivity contribution in [1.82, 2.24) is 0 Å². The second-order valence-electron chi connectivity index (χ2n) is 5.33. The van der Waals surface area contributed by atoms with Gasteiger partial charge in [-0.3, -0.25) is 0 Å². The molecule has 0 spiro atoms. The Kier molecular flexibility index (Phi) is 4.06. The number of hydrogen-bond donors (Lipinski definition) is 1. The molecule has 1 atom stereocenters. The Morgan fingerprint density at radius 2 is 1.94 bits per heavy atom. The second kappa shape index (κ2) is 5.54. The highest BCUT2D eigenvalue weighted by molar-refractivity contribution is 5.41. The molecule has 0 saturated heterocycles. The predicted octanol–water partition coefficient (Wildman–Crippen LogP) is 3.93. The SMILES string of the molecule is CC1CCC(OC(C)c2cccc(N)c2)CC1. The van der Waals surface area contributed by atoms with Gasteiger partial charge in [0.05, 0.1) is 12.2 Å². The fourth-order valence-corrected chi connectivity index (χ4v) is 2.54. The maximum absolute atomic E-state index is 6.13. The van der Waals surface area contributed by atoms with Gasteiger partial charge in [0.2, 0.25) is 0 Å². The van der Waals surface area contributed by atoms with Crippen LogP contribution in [0.2, 0.25) is 0 Å². The van der Waals surface area contributed by atoms with Crippen LogP contribution in [0.3, 0.4) is 0 Å². The Hall–Kier alpha value is -1.02. The van der Waals surface area contributed by atoms with Gasteiger partial charge in [-0.05, 0) is 56.2 Å². The molecule has 0 bridgehead atoms. The number of ether oxygens (including phenoxy) is 1. The molecule has 2 rings (SSSR count). The number of hydrogen-bond acceptors (Lipinski definition) is 2. The van der Waals surface area contributed by atoms with Crippen LogP contribution in [-0.4, -0.2) is 6.10 Å². The maximum Gasteiger partial charge on any atom is 0.0801 e. The Bertz CT molecular complexity index is 356. The van der Waals surface area contributed by atoms with Crippen LogP contribution < -0.4 is 5.73 Å². The molecular weight excluding hydrogens is 210 g/mol. The highest BCUT2D eigenvalue weighted by Gasteiger charge is 2.21. The van der Waals surface area contributed by atoms with Crippen LogP contribution in [0.15, 0.2) is 24.3 Å². The smallest absolute Gasteiger partial charge is 0.0801 e. The Labute approximate surface area is 104 Å².